The highest BCUT2D eigenvalue weighted by Crippen LogP contribution is 2.23. The quantitative estimate of drug-likeness (QED) is 0.671. The van der Waals surface area contributed by atoms with Crippen molar-refractivity contribution in [2.75, 3.05) is 40.3 Å². The molecule has 4 heterocycles. The van der Waals surface area contributed by atoms with Crippen LogP contribution in [0.4, 0.5) is 0 Å². The third-order valence-electron chi connectivity index (χ3n) is 4.72. The van der Waals surface area contributed by atoms with Gasteiger partial charge in [0.25, 0.3) is 5.91 Å². The third-order valence-corrected chi connectivity index (χ3v) is 4.72. The molecule has 1 saturated heterocycles. The lowest BCUT2D eigenvalue weighted by Gasteiger charge is -2.31. The second-order valence-electron chi connectivity index (χ2n) is 6.57. The predicted octanol–water partition coefficient (Wildman–Crippen LogP) is 1.12. The largest absolute Gasteiger partial charge is 0.481 e. The van der Waals surface area contributed by atoms with E-state index in [0.717, 1.165) is 13.1 Å². The fraction of sp³-hybridized carbons (Fsp3) is 0.316. The van der Waals surface area contributed by atoms with Gasteiger partial charge >= 0.3 is 0 Å². The Hall–Kier alpha value is -3.33. The van der Waals surface area contributed by atoms with Crippen molar-refractivity contribution >= 4 is 5.91 Å². The number of hydrogen-bond donors (Lipinski definition) is 0. The molecule has 0 atom stereocenters. The molecular weight excluding hydrogens is 358 g/mol. The molecule has 3 aromatic heterocycles. The van der Waals surface area contributed by atoms with Crippen molar-refractivity contribution in [3.05, 3.63) is 48.7 Å². The van der Waals surface area contributed by atoms with Gasteiger partial charge in [0.1, 0.15) is 5.69 Å². The molecule has 9 nitrogen and oxygen atoms in total. The predicted molar refractivity (Wildman–Crippen MR) is 102 cm³/mol. The average Bonchev–Trinajstić information content (AvgIpc) is 3.20. The van der Waals surface area contributed by atoms with E-state index in [2.05, 4.69) is 32.0 Å². The van der Waals surface area contributed by atoms with Crippen molar-refractivity contribution in [3.63, 3.8) is 0 Å². The minimum atomic E-state index is -0.0848. The van der Waals surface area contributed by atoms with Crippen molar-refractivity contribution in [1.29, 1.82) is 0 Å². The zero-order valence-corrected chi connectivity index (χ0v) is 15.8. The molecule has 9 heteroatoms. The van der Waals surface area contributed by atoms with Crippen LogP contribution in [0, 0.1) is 0 Å². The summed E-state index contributed by atoms with van der Waals surface area (Å²) in [6, 6.07) is 5.34. The van der Waals surface area contributed by atoms with Crippen molar-refractivity contribution in [2.45, 2.75) is 0 Å². The van der Waals surface area contributed by atoms with Crippen LogP contribution >= 0.6 is 0 Å². The number of amides is 1. The van der Waals surface area contributed by atoms with Gasteiger partial charge < -0.3 is 14.5 Å². The van der Waals surface area contributed by atoms with Gasteiger partial charge in [0.05, 0.1) is 30.9 Å². The zero-order valence-electron chi connectivity index (χ0n) is 15.8. The van der Waals surface area contributed by atoms with E-state index in [1.807, 2.05) is 11.0 Å². The minimum Gasteiger partial charge on any atom is -0.481 e. The van der Waals surface area contributed by atoms with Crippen LogP contribution < -0.4 is 4.74 Å². The highest BCUT2D eigenvalue weighted by molar-refractivity contribution is 5.93. The Labute approximate surface area is 162 Å². The molecule has 0 N–H and O–H groups in total. The summed E-state index contributed by atoms with van der Waals surface area (Å²) in [7, 11) is 3.62. The molecule has 1 amide bonds. The first-order valence-electron chi connectivity index (χ1n) is 9.00. The maximum atomic E-state index is 13.0. The van der Waals surface area contributed by atoms with Crippen LogP contribution in [0.1, 0.15) is 10.5 Å². The van der Waals surface area contributed by atoms with Gasteiger partial charge in [0, 0.05) is 44.6 Å². The zero-order chi connectivity index (χ0) is 19.5. The van der Waals surface area contributed by atoms with Gasteiger partial charge in [-0.15, -0.1) is 0 Å². The van der Waals surface area contributed by atoms with Gasteiger partial charge in [-0.2, -0.15) is 5.10 Å². The molecule has 3 aromatic rings. The van der Waals surface area contributed by atoms with E-state index in [0.29, 0.717) is 41.7 Å². The number of hydrogen-bond acceptors (Lipinski definition) is 7. The molecule has 0 saturated carbocycles. The number of nitrogens with zero attached hydrogens (tertiary/aromatic N) is 7. The maximum absolute atomic E-state index is 13.0. The lowest BCUT2D eigenvalue weighted by atomic mass is 10.2. The first kappa shape index (κ1) is 18.1. The molecule has 1 aliphatic rings. The molecule has 28 heavy (non-hydrogen) atoms. The second kappa shape index (κ2) is 7.73. The van der Waals surface area contributed by atoms with Gasteiger partial charge in [0.15, 0.2) is 5.69 Å². The monoisotopic (exact) mass is 379 g/mol. The highest BCUT2D eigenvalue weighted by Gasteiger charge is 2.24. The smallest absolute Gasteiger partial charge is 0.274 e. The number of carbonyl (C=O) groups is 1. The lowest BCUT2D eigenvalue weighted by Crippen LogP contribution is -2.47. The number of pyridine rings is 1. The van der Waals surface area contributed by atoms with Crippen LogP contribution in [-0.2, 0) is 0 Å². The molecule has 1 aliphatic heterocycles. The number of aromatic nitrogens is 5. The highest BCUT2D eigenvalue weighted by atomic mass is 16.5. The Morgan fingerprint density at radius 3 is 2.54 bits per heavy atom. The molecule has 0 aromatic carbocycles. The van der Waals surface area contributed by atoms with E-state index in [9.17, 15) is 4.79 Å². The SMILES string of the molecule is COc1ccc(-n2nc(C(=O)N3CCN(C)CC3)cc2-c2cnccn2)cn1. The topological polar surface area (TPSA) is 89.3 Å². The number of piperazine rings is 1. The Bertz CT molecular complexity index is 948. The molecule has 4 rings (SSSR count). The Kier molecular flexibility index (Phi) is 4.98. The Morgan fingerprint density at radius 1 is 1.07 bits per heavy atom. The number of likely N-dealkylation sites (N-methyl/N-ethyl adjacent to an activating group) is 1. The van der Waals surface area contributed by atoms with Crippen molar-refractivity contribution in [2.24, 2.45) is 0 Å². The van der Waals surface area contributed by atoms with Gasteiger partial charge in [-0.3, -0.25) is 14.8 Å². The number of carbonyl (C=O) groups excluding carboxylic acids is 1. The molecule has 0 spiro atoms. The van der Waals surface area contributed by atoms with E-state index in [1.54, 1.807) is 48.7 Å². The Morgan fingerprint density at radius 2 is 1.89 bits per heavy atom. The van der Waals surface area contributed by atoms with Crippen molar-refractivity contribution < 1.29 is 9.53 Å². The number of rotatable bonds is 4. The van der Waals surface area contributed by atoms with Crippen molar-refractivity contribution in [1.82, 2.24) is 34.5 Å². The average molecular weight is 379 g/mol. The van der Waals surface area contributed by atoms with E-state index in [4.69, 9.17) is 4.74 Å². The normalized spacial score (nSPS) is 14.9. The summed E-state index contributed by atoms with van der Waals surface area (Å²) in [6.45, 7) is 3.08. The molecule has 1 fully saturated rings. The summed E-state index contributed by atoms with van der Waals surface area (Å²) in [4.78, 5) is 29.8. The van der Waals surface area contributed by atoms with Crippen LogP contribution in [0.15, 0.2) is 43.0 Å². The summed E-state index contributed by atoms with van der Waals surface area (Å²) in [5.74, 6) is 0.421. The van der Waals surface area contributed by atoms with Crippen LogP contribution in [0.25, 0.3) is 17.1 Å². The summed E-state index contributed by atoms with van der Waals surface area (Å²) >= 11 is 0. The molecule has 0 aliphatic carbocycles. The minimum absolute atomic E-state index is 0.0848. The first-order valence-corrected chi connectivity index (χ1v) is 9.00. The number of methoxy groups -OCH3 is 1. The van der Waals surface area contributed by atoms with Gasteiger partial charge in [-0.25, -0.2) is 9.67 Å². The Balaban J connectivity index is 1.72. The van der Waals surface area contributed by atoms with Gasteiger partial charge in [-0.05, 0) is 19.2 Å². The maximum Gasteiger partial charge on any atom is 0.274 e. The van der Waals surface area contributed by atoms with Crippen molar-refractivity contribution in [3.8, 4) is 23.0 Å². The molecule has 144 valence electrons. The van der Waals surface area contributed by atoms with Gasteiger partial charge in [0.2, 0.25) is 5.88 Å². The second-order valence-corrected chi connectivity index (χ2v) is 6.57. The molecule has 0 unspecified atom stereocenters. The summed E-state index contributed by atoms with van der Waals surface area (Å²) in [5.41, 5.74) is 2.39. The van der Waals surface area contributed by atoms with Crippen LogP contribution in [-0.4, -0.2) is 80.8 Å². The summed E-state index contributed by atoms with van der Waals surface area (Å²) in [5, 5.41) is 4.57. The van der Waals surface area contributed by atoms with Crippen LogP contribution in [0.2, 0.25) is 0 Å². The molecule has 0 radical (unpaired) electrons. The van der Waals surface area contributed by atoms with E-state index in [-0.39, 0.29) is 5.91 Å². The van der Waals surface area contributed by atoms with Gasteiger partial charge in [-0.1, -0.05) is 0 Å². The molecule has 0 bridgehead atoms. The third kappa shape index (κ3) is 3.56. The summed E-state index contributed by atoms with van der Waals surface area (Å²) < 4.78 is 6.79. The fourth-order valence-corrected chi connectivity index (χ4v) is 3.09. The summed E-state index contributed by atoms with van der Waals surface area (Å²) in [6.07, 6.45) is 6.51. The number of ether oxygens (including phenoxy) is 1. The van der Waals surface area contributed by atoms with E-state index in [1.165, 1.54) is 0 Å². The van der Waals surface area contributed by atoms with Crippen LogP contribution in [0.5, 0.6) is 5.88 Å². The first-order chi connectivity index (χ1) is 13.7. The fourth-order valence-electron chi connectivity index (χ4n) is 3.09. The van der Waals surface area contributed by atoms with E-state index >= 15 is 0 Å². The lowest BCUT2D eigenvalue weighted by molar-refractivity contribution is 0.0657. The standard InChI is InChI=1S/C19H21N7O2/c1-24-7-9-25(10-8-24)19(27)15-11-17(16-13-20-5-6-21-16)26(23-15)14-3-4-18(28-2)22-12-14/h3-6,11-13H,7-10H2,1-2H3. The van der Waals surface area contributed by atoms with Crippen LogP contribution in [0.3, 0.4) is 0 Å². The molecular formula is C19H21N7O2. The van der Waals surface area contributed by atoms with E-state index < -0.39 is 0 Å².